The van der Waals surface area contributed by atoms with E-state index in [-0.39, 0.29) is 18.7 Å². The smallest absolute Gasteiger partial charge is 0.331 e. The number of hydrogen-bond acceptors (Lipinski definition) is 4. The molecule has 0 unspecified atom stereocenters. The van der Waals surface area contributed by atoms with Gasteiger partial charge in [-0.15, -0.1) is 0 Å². The van der Waals surface area contributed by atoms with Crippen molar-refractivity contribution in [1.29, 1.82) is 5.26 Å². The summed E-state index contributed by atoms with van der Waals surface area (Å²) < 4.78 is 8.09. The number of ether oxygens (including phenoxy) is 1. The number of rotatable bonds is 6. The standard InChI is InChI=1S/C19H23N3O3/c1-5-21-12-15(11-20)18(23)22(19(21)24)8-9-25-16-6-7-17(13(2)3)14(4)10-16/h6-7,10,12-13H,5,8-9H2,1-4H3. The third-order valence-corrected chi connectivity index (χ3v) is 4.15. The lowest BCUT2D eigenvalue weighted by atomic mass is 9.98. The number of nitrogens with zero attached hydrogens (tertiary/aromatic N) is 3. The van der Waals surface area contributed by atoms with Crippen molar-refractivity contribution in [3.63, 3.8) is 0 Å². The summed E-state index contributed by atoms with van der Waals surface area (Å²) in [7, 11) is 0. The summed E-state index contributed by atoms with van der Waals surface area (Å²) in [6, 6.07) is 7.71. The average Bonchev–Trinajstić information content (AvgIpc) is 2.58. The molecule has 0 amide bonds. The normalized spacial score (nSPS) is 10.7. The molecule has 1 heterocycles. The molecule has 0 bridgehead atoms. The lowest BCUT2D eigenvalue weighted by molar-refractivity contribution is 0.291. The Morgan fingerprint density at radius 3 is 2.56 bits per heavy atom. The summed E-state index contributed by atoms with van der Waals surface area (Å²) in [6.45, 7) is 8.75. The minimum atomic E-state index is -0.577. The molecule has 0 aliphatic carbocycles. The summed E-state index contributed by atoms with van der Waals surface area (Å²) in [6.07, 6.45) is 1.30. The van der Waals surface area contributed by atoms with E-state index in [1.165, 1.54) is 16.3 Å². The Labute approximate surface area is 146 Å². The zero-order valence-electron chi connectivity index (χ0n) is 15.1. The Kier molecular flexibility index (Phi) is 5.81. The van der Waals surface area contributed by atoms with Gasteiger partial charge < -0.3 is 4.74 Å². The maximum atomic E-state index is 12.3. The van der Waals surface area contributed by atoms with Gasteiger partial charge >= 0.3 is 5.69 Å². The monoisotopic (exact) mass is 341 g/mol. The second kappa shape index (κ2) is 7.84. The maximum Gasteiger partial charge on any atom is 0.331 e. The number of nitriles is 1. The van der Waals surface area contributed by atoms with Crippen LogP contribution in [0, 0.1) is 18.3 Å². The van der Waals surface area contributed by atoms with Gasteiger partial charge in [-0.25, -0.2) is 4.79 Å². The van der Waals surface area contributed by atoms with Gasteiger partial charge in [0.25, 0.3) is 5.56 Å². The Balaban J connectivity index is 2.18. The first-order valence-corrected chi connectivity index (χ1v) is 8.36. The SMILES string of the molecule is CCn1cc(C#N)c(=O)n(CCOc2ccc(C(C)C)c(C)c2)c1=O. The fourth-order valence-electron chi connectivity index (χ4n) is 2.79. The van der Waals surface area contributed by atoms with Gasteiger partial charge in [-0.05, 0) is 43.0 Å². The summed E-state index contributed by atoms with van der Waals surface area (Å²) in [5.74, 6) is 1.14. The van der Waals surface area contributed by atoms with Gasteiger partial charge in [-0.1, -0.05) is 19.9 Å². The van der Waals surface area contributed by atoms with Crippen LogP contribution in [-0.4, -0.2) is 15.7 Å². The zero-order chi connectivity index (χ0) is 18.6. The molecule has 0 aliphatic heterocycles. The van der Waals surface area contributed by atoms with E-state index >= 15 is 0 Å². The number of hydrogen-bond donors (Lipinski definition) is 0. The van der Waals surface area contributed by atoms with Crippen LogP contribution < -0.4 is 16.0 Å². The van der Waals surface area contributed by atoms with Crippen molar-refractivity contribution in [1.82, 2.24) is 9.13 Å². The Morgan fingerprint density at radius 2 is 2.00 bits per heavy atom. The molecule has 0 atom stereocenters. The maximum absolute atomic E-state index is 12.3. The van der Waals surface area contributed by atoms with Crippen molar-refractivity contribution in [2.24, 2.45) is 0 Å². The molecule has 132 valence electrons. The second-order valence-electron chi connectivity index (χ2n) is 6.20. The third kappa shape index (κ3) is 4.00. The summed E-state index contributed by atoms with van der Waals surface area (Å²) in [5.41, 5.74) is 1.35. The van der Waals surface area contributed by atoms with Crippen LogP contribution in [0.4, 0.5) is 0 Å². The number of aromatic nitrogens is 2. The molecule has 6 heteroatoms. The van der Waals surface area contributed by atoms with E-state index in [0.29, 0.717) is 18.2 Å². The van der Waals surface area contributed by atoms with Crippen LogP contribution in [0.25, 0.3) is 0 Å². The molecular weight excluding hydrogens is 318 g/mol. The Bertz CT molecular complexity index is 917. The van der Waals surface area contributed by atoms with Gasteiger partial charge in [0.05, 0.1) is 6.54 Å². The molecule has 0 fully saturated rings. The minimum Gasteiger partial charge on any atom is -0.492 e. The van der Waals surface area contributed by atoms with Crippen LogP contribution in [0.3, 0.4) is 0 Å². The molecule has 25 heavy (non-hydrogen) atoms. The van der Waals surface area contributed by atoms with Crippen LogP contribution in [-0.2, 0) is 13.1 Å². The van der Waals surface area contributed by atoms with Crippen molar-refractivity contribution in [2.75, 3.05) is 6.61 Å². The number of aryl methyl sites for hydroxylation is 2. The lowest BCUT2D eigenvalue weighted by Crippen LogP contribution is -2.41. The van der Waals surface area contributed by atoms with Crippen LogP contribution in [0.2, 0.25) is 0 Å². The highest BCUT2D eigenvalue weighted by Crippen LogP contribution is 2.23. The number of benzene rings is 1. The molecule has 2 rings (SSSR count). The predicted octanol–water partition coefficient (Wildman–Crippen LogP) is 2.41. The topological polar surface area (TPSA) is 77.0 Å². The molecule has 0 spiro atoms. The first kappa shape index (κ1) is 18.5. The fourth-order valence-corrected chi connectivity index (χ4v) is 2.79. The molecule has 0 saturated heterocycles. The van der Waals surface area contributed by atoms with E-state index in [1.54, 1.807) is 6.92 Å². The molecule has 0 aliphatic rings. The quantitative estimate of drug-likeness (QED) is 0.808. The van der Waals surface area contributed by atoms with Crippen LogP contribution >= 0.6 is 0 Å². The van der Waals surface area contributed by atoms with Crippen molar-refractivity contribution in [2.45, 2.75) is 46.7 Å². The molecule has 0 saturated carbocycles. The van der Waals surface area contributed by atoms with Crippen LogP contribution in [0.5, 0.6) is 5.75 Å². The van der Waals surface area contributed by atoms with E-state index in [2.05, 4.69) is 13.8 Å². The van der Waals surface area contributed by atoms with E-state index in [9.17, 15) is 9.59 Å². The molecule has 2 aromatic rings. The third-order valence-electron chi connectivity index (χ3n) is 4.15. The second-order valence-corrected chi connectivity index (χ2v) is 6.20. The molecule has 0 radical (unpaired) electrons. The Hall–Kier alpha value is -2.81. The minimum absolute atomic E-state index is 0.0430. The van der Waals surface area contributed by atoms with Crippen molar-refractivity contribution in [3.05, 3.63) is 61.9 Å². The van der Waals surface area contributed by atoms with Crippen molar-refractivity contribution >= 4 is 0 Å². The summed E-state index contributed by atoms with van der Waals surface area (Å²) in [4.78, 5) is 24.4. The summed E-state index contributed by atoms with van der Waals surface area (Å²) in [5, 5.41) is 9.05. The van der Waals surface area contributed by atoms with Gasteiger partial charge in [0, 0.05) is 12.7 Å². The first-order valence-electron chi connectivity index (χ1n) is 8.36. The van der Waals surface area contributed by atoms with Gasteiger partial charge in [-0.2, -0.15) is 5.26 Å². The van der Waals surface area contributed by atoms with Crippen LogP contribution in [0.1, 0.15) is 43.4 Å². The van der Waals surface area contributed by atoms with Gasteiger partial charge in [0.1, 0.15) is 24.0 Å². The molecule has 0 N–H and O–H groups in total. The van der Waals surface area contributed by atoms with E-state index in [4.69, 9.17) is 10.00 Å². The Morgan fingerprint density at radius 1 is 1.28 bits per heavy atom. The first-order chi connectivity index (χ1) is 11.9. The fraction of sp³-hybridized carbons (Fsp3) is 0.421. The zero-order valence-corrected chi connectivity index (χ0v) is 15.1. The highest BCUT2D eigenvalue weighted by atomic mass is 16.5. The van der Waals surface area contributed by atoms with Gasteiger partial charge in [-0.3, -0.25) is 13.9 Å². The van der Waals surface area contributed by atoms with Gasteiger partial charge in [0.2, 0.25) is 0 Å². The predicted molar refractivity (Wildman–Crippen MR) is 96.1 cm³/mol. The van der Waals surface area contributed by atoms with Crippen molar-refractivity contribution in [3.8, 4) is 11.8 Å². The molecule has 1 aromatic heterocycles. The summed E-state index contributed by atoms with van der Waals surface area (Å²) >= 11 is 0. The van der Waals surface area contributed by atoms with E-state index in [1.807, 2.05) is 31.2 Å². The van der Waals surface area contributed by atoms with Crippen molar-refractivity contribution < 1.29 is 4.74 Å². The van der Waals surface area contributed by atoms with E-state index in [0.717, 1.165) is 10.1 Å². The largest absolute Gasteiger partial charge is 0.492 e. The van der Waals surface area contributed by atoms with E-state index < -0.39 is 11.2 Å². The highest BCUT2D eigenvalue weighted by molar-refractivity contribution is 5.36. The highest BCUT2D eigenvalue weighted by Gasteiger charge is 2.11. The van der Waals surface area contributed by atoms with Gasteiger partial charge in [0.15, 0.2) is 0 Å². The molecule has 1 aromatic carbocycles. The molecule has 6 nitrogen and oxygen atoms in total. The van der Waals surface area contributed by atoms with Crippen LogP contribution in [0.15, 0.2) is 34.0 Å². The average molecular weight is 341 g/mol. The lowest BCUT2D eigenvalue weighted by Gasteiger charge is -2.13. The molecular formula is C19H23N3O3.